The van der Waals surface area contributed by atoms with E-state index in [2.05, 4.69) is 9.97 Å². The van der Waals surface area contributed by atoms with Crippen LogP contribution >= 0.6 is 0 Å². The normalized spacial score (nSPS) is 10.8. The van der Waals surface area contributed by atoms with Crippen LogP contribution in [0.3, 0.4) is 0 Å². The smallest absolute Gasteiger partial charge is 0.337 e. The highest BCUT2D eigenvalue weighted by atomic mass is 16.4. The van der Waals surface area contributed by atoms with E-state index in [0.717, 1.165) is 11.1 Å². The van der Waals surface area contributed by atoms with Crippen molar-refractivity contribution in [3.05, 3.63) is 48.1 Å². The number of hydrogen-bond donors (Lipinski definition) is 1. The van der Waals surface area contributed by atoms with Gasteiger partial charge in [-0.2, -0.15) is 0 Å². The Morgan fingerprint density at radius 2 is 2.16 bits per heavy atom. The van der Waals surface area contributed by atoms with Gasteiger partial charge in [0.05, 0.1) is 5.56 Å². The summed E-state index contributed by atoms with van der Waals surface area (Å²) in [5, 5.41) is 9.17. The molecule has 3 rings (SSSR count). The van der Waals surface area contributed by atoms with E-state index >= 15 is 0 Å². The van der Waals surface area contributed by atoms with Gasteiger partial charge in [-0.15, -0.1) is 0 Å². The van der Waals surface area contributed by atoms with E-state index in [1.54, 1.807) is 25.3 Å². The number of benzene rings is 1. The van der Waals surface area contributed by atoms with Crippen LogP contribution in [0.1, 0.15) is 16.2 Å². The molecule has 5 nitrogen and oxygen atoms in total. The number of aromatic nitrogens is 2. The minimum atomic E-state index is -1.00. The molecule has 0 aliphatic carbocycles. The third-order valence-electron chi connectivity index (χ3n) is 2.86. The maximum absolute atomic E-state index is 11.2. The fourth-order valence-electron chi connectivity index (χ4n) is 2.02. The maximum atomic E-state index is 11.2. The van der Waals surface area contributed by atoms with E-state index in [1.807, 2.05) is 12.1 Å². The Bertz CT molecular complexity index is 777. The molecule has 2 heterocycles. The molecule has 0 radical (unpaired) electrons. The lowest BCUT2D eigenvalue weighted by molar-refractivity contribution is 0.0697. The molecule has 0 atom stereocenters. The summed E-state index contributed by atoms with van der Waals surface area (Å²) >= 11 is 0. The van der Waals surface area contributed by atoms with Gasteiger partial charge < -0.3 is 9.52 Å². The molecule has 0 bridgehead atoms. The molecule has 0 aliphatic rings. The first-order valence-electron chi connectivity index (χ1n) is 5.70. The summed E-state index contributed by atoms with van der Waals surface area (Å²) in [6.45, 7) is 1.77. The van der Waals surface area contributed by atoms with Crippen molar-refractivity contribution in [3.8, 4) is 11.1 Å². The number of carboxylic acid groups (broad SMARTS) is 1. The highest BCUT2D eigenvalue weighted by Crippen LogP contribution is 2.27. The van der Waals surface area contributed by atoms with Crippen molar-refractivity contribution in [2.45, 2.75) is 6.92 Å². The van der Waals surface area contributed by atoms with Gasteiger partial charge in [0.1, 0.15) is 5.52 Å². The molecule has 0 saturated carbocycles. The van der Waals surface area contributed by atoms with Crippen LogP contribution in [0.15, 0.2) is 41.1 Å². The largest absolute Gasteiger partial charge is 0.478 e. The molecule has 2 aromatic heterocycles. The lowest BCUT2D eigenvalue weighted by Crippen LogP contribution is -2.00. The van der Waals surface area contributed by atoms with Crippen LogP contribution in [0.25, 0.3) is 22.2 Å². The number of hydrogen-bond acceptors (Lipinski definition) is 4. The summed E-state index contributed by atoms with van der Waals surface area (Å²) in [4.78, 5) is 19.2. The van der Waals surface area contributed by atoms with E-state index in [9.17, 15) is 4.79 Å². The number of rotatable bonds is 2. The molecule has 1 aromatic carbocycles. The van der Waals surface area contributed by atoms with Gasteiger partial charge in [-0.1, -0.05) is 6.07 Å². The van der Waals surface area contributed by atoms with Crippen LogP contribution in [0, 0.1) is 6.92 Å². The van der Waals surface area contributed by atoms with Crippen molar-refractivity contribution < 1.29 is 14.3 Å². The predicted molar refractivity (Wildman–Crippen MR) is 68.9 cm³/mol. The first-order valence-corrected chi connectivity index (χ1v) is 5.70. The summed E-state index contributed by atoms with van der Waals surface area (Å²) in [5.41, 5.74) is 2.94. The van der Waals surface area contributed by atoms with Gasteiger partial charge in [0.25, 0.3) is 0 Å². The number of nitrogens with zero attached hydrogens (tertiary/aromatic N) is 2. The van der Waals surface area contributed by atoms with Crippen molar-refractivity contribution in [3.63, 3.8) is 0 Å². The van der Waals surface area contributed by atoms with Gasteiger partial charge in [0.15, 0.2) is 11.5 Å². The standard InChI is InChI=1S/C14H10N2O3/c1-8-16-12-3-2-9(6-13(12)19-8)10-4-5-15-7-11(10)14(17)18/h2-7H,1H3,(H,17,18). The zero-order valence-electron chi connectivity index (χ0n) is 10.1. The summed E-state index contributed by atoms with van der Waals surface area (Å²) in [6, 6.07) is 7.10. The Kier molecular flexibility index (Phi) is 2.52. The van der Waals surface area contributed by atoms with Crippen molar-refractivity contribution >= 4 is 17.1 Å². The Balaban J connectivity index is 2.21. The average Bonchev–Trinajstić information content (AvgIpc) is 2.77. The quantitative estimate of drug-likeness (QED) is 0.760. The first-order chi connectivity index (χ1) is 9.15. The molecule has 5 heteroatoms. The van der Waals surface area contributed by atoms with Gasteiger partial charge in [0.2, 0.25) is 0 Å². The van der Waals surface area contributed by atoms with Crippen molar-refractivity contribution in [1.82, 2.24) is 9.97 Å². The van der Waals surface area contributed by atoms with Gasteiger partial charge >= 0.3 is 5.97 Å². The molecule has 0 saturated heterocycles. The van der Waals surface area contributed by atoms with Crippen molar-refractivity contribution in [2.75, 3.05) is 0 Å². The minimum absolute atomic E-state index is 0.165. The number of fused-ring (bicyclic) bond motifs is 1. The van der Waals surface area contributed by atoms with Crippen LogP contribution < -0.4 is 0 Å². The summed E-state index contributed by atoms with van der Waals surface area (Å²) in [5.74, 6) is -0.419. The van der Waals surface area contributed by atoms with Crippen LogP contribution in [0.5, 0.6) is 0 Å². The van der Waals surface area contributed by atoms with E-state index in [-0.39, 0.29) is 5.56 Å². The molecule has 0 fully saturated rings. The van der Waals surface area contributed by atoms with Crippen molar-refractivity contribution in [2.24, 2.45) is 0 Å². The third-order valence-corrected chi connectivity index (χ3v) is 2.86. The Morgan fingerprint density at radius 1 is 1.32 bits per heavy atom. The highest BCUT2D eigenvalue weighted by molar-refractivity contribution is 5.96. The number of pyridine rings is 1. The first kappa shape index (κ1) is 11.4. The Labute approximate surface area is 108 Å². The maximum Gasteiger partial charge on any atom is 0.337 e. The third kappa shape index (κ3) is 1.95. The molecule has 0 aliphatic heterocycles. The predicted octanol–water partition coefficient (Wildman–Crippen LogP) is 2.90. The molecular formula is C14H10N2O3. The second-order valence-electron chi connectivity index (χ2n) is 4.14. The van der Waals surface area contributed by atoms with Gasteiger partial charge in [-0.3, -0.25) is 4.98 Å². The van der Waals surface area contributed by atoms with Crippen LogP contribution in [-0.2, 0) is 0 Å². The SMILES string of the molecule is Cc1nc2ccc(-c3ccncc3C(=O)O)cc2o1. The monoisotopic (exact) mass is 254 g/mol. The Hall–Kier alpha value is -2.69. The van der Waals surface area contributed by atoms with Crippen LogP contribution in [-0.4, -0.2) is 21.0 Å². The molecule has 0 spiro atoms. The van der Waals surface area contributed by atoms with Gasteiger partial charge in [-0.05, 0) is 29.3 Å². The fraction of sp³-hybridized carbons (Fsp3) is 0.0714. The zero-order valence-corrected chi connectivity index (χ0v) is 10.1. The number of oxazole rings is 1. The minimum Gasteiger partial charge on any atom is -0.478 e. The average molecular weight is 254 g/mol. The highest BCUT2D eigenvalue weighted by Gasteiger charge is 2.13. The summed E-state index contributed by atoms with van der Waals surface area (Å²) in [7, 11) is 0. The number of aryl methyl sites for hydroxylation is 1. The molecule has 0 unspecified atom stereocenters. The van der Waals surface area contributed by atoms with Crippen molar-refractivity contribution in [1.29, 1.82) is 0 Å². The zero-order chi connectivity index (χ0) is 13.4. The molecule has 19 heavy (non-hydrogen) atoms. The molecule has 3 aromatic rings. The Morgan fingerprint density at radius 3 is 2.95 bits per heavy atom. The second kappa shape index (κ2) is 4.20. The summed E-state index contributed by atoms with van der Waals surface area (Å²) in [6.07, 6.45) is 2.91. The number of carbonyl (C=O) groups is 1. The lowest BCUT2D eigenvalue weighted by Gasteiger charge is -2.04. The molecule has 0 amide bonds. The summed E-state index contributed by atoms with van der Waals surface area (Å²) < 4.78 is 5.46. The number of carboxylic acids is 1. The van der Waals surface area contributed by atoms with Crippen LogP contribution in [0.2, 0.25) is 0 Å². The molecule has 94 valence electrons. The molecule has 1 N–H and O–H groups in total. The van der Waals surface area contributed by atoms with E-state index < -0.39 is 5.97 Å². The van der Waals surface area contributed by atoms with E-state index in [1.165, 1.54) is 6.20 Å². The van der Waals surface area contributed by atoms with E-state index in [4.69, 9.17) is 9.52 Å². The second-order valence-corrected chi connectivity index (χ2v) is 4.14. The number of aromatic carboxylic acids is 1. The topological polar surface area (TPSA) is 76.2 Å². The van der Waals surface area contributed by atoms with Gasteiger partial charge in [0, 0.05) is 19.3 Å². The molecular weight excluding hydrogens is 244 g/mol. The van der Waals surface area contributed by atoms with Gasteiger partial charge in [-0.25, -0.2) is 9.78 Å². The lowest BCUT2D eigenvalue weighted by atomic mass is 10.0. The van der Waals surface area contributed by atoms with E-state index in [0.29, 0.717) is 17.0 Å². The fourth-order valence-corrected chi connectivity index (χ4v) is 2.02. The van der Waals surface area contributed by atoms with Crippen LogP contribution in [0.4, 0.5) is 0 Å².